The zero-order chi connectivity index (χ0) is 25.3. The molecule has 0 amide bonds. The SMILES string of the molecule is CC.CC.Cc1cnc2cc(C3CCNCC3)c(=O)n(Cc3ncccc3OC(F)(F)F)c2n1. The lowest BCUT2D eigenvalue weighted by Gasteiger charge is -2.23. The van der Waals surface area contributed by atoms with Gasteiger partial charge in [-0.25, -0.2) is 4.98 Å². The molecule has 186 valence electrons. The molecule has 0 spiro atoms. The molecule has 3 aromatic heterocycles. The minimum Gasteiger partial charge on any atom is -0.404 e. The Bertz CT molecular complexity index is 1130. The van der Waals surface area contributed by atoms with Gasteiger partial charge in [-0.2, -0.15) is 0 Å². The number of halogens is 3. The molecule has 1 aliphatic heterocycles. The lowest BCUT2D eigenvalue weighted by atomic mass is 9.91. The van der Waals surface area contributed by atoms with Gasteiger partial charge in [-0.05, 0) is 57.0 Å². The van der Waals surface area contributed by atoms with Gasteiger partial charge in [0.15, 0.2) is 11.4 Å². The van der Waals surface area contributed by atoms with Crippen molar-refractivity contribution in [2.45, 2.75) is 66.3 Å². The predicted octanol–water partition coefficient (Wildman–Crippen LogP) is 4.96. The Hall–Kier alpha value is -3.01. The van der Waals surface area contributed by atoms with Crippen molar-refractivity contribution in [2.75, 3.05) is 13.1 Å². The predicted molar refractivity (Wildman–Crippen MR) is 126 cm³/mol. The summed E-state index contributed by atoms with van der Waals surface area (Å²) in [5, 5.41) is 3.26. The Kier molecular flexibility index (Phi) is 9.97. The van der Waals surface area contributed by atoms with Gasteiger partial charge in [0.2, 0.25) is 0 Å². The fourth-order valence-electron chi connectivity index (χ4n) is 3.72. The normalized spacial score (nSPS) is 14.0. The van der Waals surface area contributed by atoms with Gasteiger partial charge in [-0.15, -0.1) is 13.2 Å². The monoisotopic (exact) mass is 479 g/mol. The number of nitrogens with one attached hydrogen (secondary N) is 1. The lowest BCUT2D eigenvalue weighted by Crippen LogP contribution is -2.33. The second kappa shape index (κ2) is 12.5. The quantitative estimate of drug-likeness (QED) is 0.570. The lowest BCUT2D eigenvalue weighted by molar-refractivity contribution is -0.275. The number of fused-ring (bicyclic) bond motifs is 1. The van der Waals surface area contributed by atoms with Gasteiger partial charge in [0.25, 0.3) is 5.56 Å². The first kappa shape index (κ1) is 27.2. The van der Waals surface area contributed by atoms with Crippen molar-refractivity contribution in [3.05, 3.63) is 57.9 Å². The van der Waals surface area contributed by atoms with Crippen LogP contribution in [0.1, 0.15) is 63.4 Å². The van der Waals surface area contributed by atoms with E-state index in [0.717, 1.165) is 25.9 Å². The van der Waals surface area contributed by atoms with Crippen LogP contribution in [0, 0.1) is 6.92 Å². The van der Waals surface area contributed by atoms with Crippen LogP contribution in [0.3, 0.4) is 0 Å². The van der Waals surface area contributed by atoms with Gasteiger partial charge in [0, 0.05) is 18.0 Å². The molecule has 1 aliphatic rings. The third-order valence-electron chi connectivity index (χ3n) is 5.10. The summed E-state index contributed by atoms with van der Waals surface area (Å²) < 4.78 is 43.9. The van der Waals surface area contributed by atoms with Crippen LogP contribution in [0.25, 0.3) is 11.2 Å². The van der Waals surface area contributed by atoms with Crippen molar-refractivity contribution in [1.82, 2.24) is 24.8 Å². The van der Waals surface area contributed by atoms with Crippen LogP contribution in [-0.2, 0) is 6.54 Å². The van der Waals surface area contributed by atoms with Crippen LogP contribution in [0.4, 0.5) is 13.2 Å². The molecule has 0 aliphatic carbocycles. The summed E-state index contributed by atoms with van der Waals surface area (Å²) in [7, 11) is 0. The highest BCUT2D eigenvalue weighted by Gasteiger charge is 2.32. The van der Waals surface area contributed by atoms with Crippen LogP contribution in [0.5, 0.6) is 5.75 Å². The molecule has 0 radical (unpaired) electrons. The van der Waals surface area contributed by atoms with E-state index >= 15 is 0 Å². The Morgan fingerprint density at radius 2 is 1.82 bits per heavy atom. The van der Waals surface area contributed by atoms with E-state index in [9.17, 15) is 18.0 Å². The summed E-state index contributed by atoms with van der Waals surface area (Å²) in [6, 6.07) is 4.28. The highest BCUT2D eigenvalue weighted by atomic mass is 19.4. The van der Waals surface area contributed by atoms with E-state index in [1.54, 1.807) is 19.2 Å². The minimum absolute atomic E-state index is 0.0102. The Balaban J connectivity index is 0.000000970. The molecule has 7 nitrogen and oxygen atoms in total. The van der Waals surface area contributed by atoms with Crippen LogP contribution >= 0.6 is 0 Å². The van der Waals surface area contributed by atoms with Crippen LogP contribution < -0.4 is 15.6 Å². The maximum absolute atomic E-state index is 13.4. The standard InChI is InChI=1S/C20H20F3N5O2.2C2H6/c1-12-10-26-15-9-14(13-4-7-24-8-5-13)19(29)28(18(15)27-12)11-16-17(3-2-6-25-16)30-20(21,22)23;2*1-2/h2-3,6,9-10,13,24H,4-5,7-8,11H2,1H3;2*1-2H3. The molecule has 1 N–H and O–H groups in total. The van der Waals surface area contributed by atoms with Crippen molar-refractivity contribution in [3.63, 3.8) is 0 Å². The zero-order valence-corrected chi connectivity index (χ0v) is 20.2. The summed E-state index contributed by atoms with van der Waals surface area (Å²) >= 11 is 0. The summed E-state index contributed by atoms with van der Waals surface area (Å²) in [5.74, 6) is -0.398. The van der Waals surface area contributed by atoms with Gasteiger partial charge < -0.3 is 10.1 Å². The van der Waals surface area contributed by atoms with Crippen LogP contribution in [-0.4, -0.2) is 39.0 Å². The van der Waals surface area contributed by atoms with Crippen LogP contribution in [0.2, 0.25) is 0 Å². The van der Waals surface area contributed by atoms with E-state index in [1.807, 2.05) is 27.7 Å². The average molecular weight is 480 g/mol. The molecule has 4 heterocycles. The number of hydrogen-bond acceptors (Lipinski definition) is 6. The maximum Gasteiger partial charge on any atom is 0.573 e. The third-order valence-corrected chi connectivity index (χ3v) is 5.10. The van der Waals surface area contributed by atoms with Crippen molar-refractivity contribution >= 4 is 11.2 Å². The summed E-state index contributed by atoms with van der Waals surface area (Å²) in [4.78, 5) is 26.2. The molecular weight excluding hydrogens is 447 g/mol. The van der Waals surface area contributed by atoms with Gasteiger partial charge in [-0.1, -0.05) is 27.7 Å². The first-order valence-corrected chi connectivity index (χ1v) is 11.6. The number of nitrogens with zero attached hydrogens (tertiary/aromatic N) is 4. The second-order valence-corrected chi connectivity index (χ2v) is 7.23. The zero-order valence-electron chi connectivity index (χ0n) is 20.2. The molecule has 0 atom stereocenters. The highest BCUT2D eigenvalue weighted by Crippen LogP contribution is 2.27. The summed E-state index contributed by atoms with van der Waals surface area (Å²) in [6.45, 7) is 11.1. The minimum atomic E-state index is -4.86. The van der Waals surface area contributed by atoms with Gasteiger partial charge in [0.05, 0.1) is 12.2 Å². The number of alkyl halides is 3. The summed E-state index contributed by atoms with van der Waals surface area (Å²) in [5.41, 5.74) is 1.71. The average Bonchev–Trinajstić information content (AvgIpc) is 2.84. The smallest absolute Gasteiger partial charge is 0.404 e. The maximum atomic E-state index is 13.4. The highest BCUT2D eigenvalue weighted by molar-refractivity contribution is 5.71. The van der Waals surface area contributed by atoms with E-state index in [2.05, 4.69) is 25.0 Å². The van der Waals surface area contributed by atoms with Gasteiger partial charge in [-0.3, -0.25) is 19.3 Å². The van der Waals surface area contributed by atoms with E-state index < -0.39 is 12.1 Å². The molecule has 1 saturated heterocycles. The Morgan fingerprint density at radius 1 is 1.15 bits per heavy atom. The molecule has 4 rings (SSSR count). The number of aryl methyl sites for hydroxylation is 1. The number of aromatic nitrogens is 4. The second-order valence-electron chi connectivity index (χ2n) is 7.23. The first-order valence-electron chi connectivity index (χ1n) is 11.6. The molecule has 0 unspecified atom stereocenters. The molecule has 34 heavy (non-hydrogen) atoms. The summed E-state index contributed by atoms with van der Waals surface area (Å²) in [6.07, 6.45) is -0.308. The van der Waals surface area contributed by atoms with E-state index in [1.165, 1.54) is 22.9 Å². The number of ether oxygens (including phenoxy) is 1. The molecule has 0 saturated carbocycles. The topological polar surface area (TPSA) is 81.9 Å². The van der Waals surface area contributed by atoms with E-state index in [-0.39, 0.29) is 23.7 Å². The third kappa shape index (κ3) is 6.75. The number of rotatable bonds is 4. The van der Waals surface area contributed by atoms with Gasteiger partial charge >= 0.3 is 6.36 Å². The first-order chi connectivity index (χ1) is 16.3. The van der Waals surface area contributed by atoms with E-state index in [4.69, 9.17) is 0 Å². The number of piperidine rings is 1. The molecule has 0 aromatic carbocycles. The molecule has 10 heteroatoms. The van der Waals surface area contributed by atoms with Gasteiger partial charge in [0.1, 0.15) is 11.2 Å². The van der Waals surface area contributed by atoms with Crippen molar-refractivity contribution in [3.8, 4) is 5.75 Å². The molecule has 1 fully saturated rings. The van der Waals surface area contributed by atoms with Crippen molar-refractivity contribution in [1.29, 1.82) is 0 Å². The van der Waals surface area contributed by atoms with Crippen molar-refractivity contribution in [2.24, 2.45) is 0 Å². The van der Waals surface area contributed by atoms with E-state index in [0.29, 0.717) is 22.4 Å². The Labute approximate surface area is 197 Å². The number of pyridine rings is 2. The van der Waals surface area contributed by atoms with Crippen molar-refractivity contribution < 1.29 is 17.9 Å². The molecule has 0 bridgehead atoms. The Morgan fingerprint density at radius 3 is 2.47 bits per heavy atom. The number of hydrogen-bond donors (Lipinski definition) is 1. The van der Waals surface area contributed by atoms with Crippen LogP contribution in [0.15, 0.2) is 35.4 Å². The largest absolute Gasteiger partial charge is 0.573 e. The molecule has 3 aromatic rings. The molecular formula is C24H32F3N5O2. The fraction of sp³-hybridized carbons (Fsp3) is 0.500. The fourth-order valence-corrected chi connectivity index (χ4v) is 3.72.